The zero-order chi connectivity index (χ0) is 19.2. The molecule has 1 N–H and O–H groups in total. The fourth-order valence-electron chi connectivity index (χ4n) is 3.03. The Balaban J connectivity index is 1.58. The van der Waals surface area contributed by atoms with Crippen molar-refractivity contribution in [3.8, 4) is 0 Å². The van der Waals surface area contributed by atoms with Gasteiger partial charge < -0.3 is 15.0 Å². The van der Waals surface area contributed by atoms with E-state index in [1.54, 1.807) is 41.3 Å². The Labute approximate surface area is 158 Å². The standard InChI is InChI=1S/C21H22N2O4/c1-27-21(26)17-7-5-15(6-8-17)14-22-20(25)16-9-11-18(12-10-16)23-13-3-2-4-19(23)24/h5-12H,2-4,13-14H2,1H3,(H,22,25). The van der Waals surface area contributed by atoms with Gasteiger partial charge in [-0.1, -0.05) is 12.1 Å². The predicted octanol–water partition coefficient (Wildman–Crippen LogP) is 2.92. The highest BCUT2D eigenvalue weighted by Crippen LogP contribution is 2.21. The Morgan fingerprint density at radius 3 is 2.30 bits per heavy atom. The lowest BCUT2D eigenvalue weighted by atomic mass is 10.1. The van der Waals surface area contributed by atoms with Crippen LogP contribution in [0, 0.1) is 0 Å². The Morgan fingerprint density at radius 1 is 1.00 bits per heavy atom. The third kappa shape index (κ3) is 4.53. The predicted molar refractivity (Wildman–Crippen MR) is 102 cm³/mol. The summed E-state index contributed by atoms with van der Waals surface area (Å²) in [6.45, 7) is 1.08. The zero-order valence-electron chi connectivity index (χ0n) is 15.2. The molecule has 0 saturated carbocycles. The number of hydrogen-bond donors (Lipinski definition) is 1. The number of esters is 1. The van der Waals surface area contributed by atoms with Crippen LogP contribution in [0.3, 0.4) is 0 Å². The normalized spacial score (nSPS) is 14.0. The van der Waals surface area contributed by atoms with Crippen LogP contribution in [0.25, 0.3) is 0 Å². The minimum atomic E-state index is -0.391. The summed E-state index contributed by atoms with van der Waals surface area (Å²) in [6, 6.07) is 14.0. The van der Waals surface area contributed by atoms with Crippen molar-refractivity contribution in [2.24, 2.45) is 0 Å². The first-order valence-corrected chi connectivity index (χ1v) is 8.94. The number of nitrogens with one attached hydrogen (secondary N) is 1. The summed E-state index contributed by atoms with van der Waals surface area (Å²) < 4.78 is 4.66. The van der Waals surface area contributed by atoms with Crippen LogP contribution >= 0.6 is 0 Å². The second-order valence-corrected chi connectivity index (χ2v) is 6.42. The Hall–Kier alpha value is -3.15. The number of nitrogens with zero attached hydrogens (tertiary/aromatic N) is 1. The number of hydrogen-bond acceptors (Lipinski definition) is 4. The monoisotopic (exact) mass is 366 g/mol. The first-order chi connectivity index (χ1) is 13.1. The fourth-order valence-corrected chi connectivity index (χ4v) is 3.03. The molecule has 6 nitrogen and oxygen atoms in total. The van der Waals surface area contributed by atoms with Crippen LogP contribution in [-0.4, -0.2) is 31.4 Å². The average Bonchev–Trinajstić information content (AvgIpc) is 2.72. The van der Waals surface area contributed by atoms with Crippen LogP contribution in [-0.2, 0) is 16.1 Å². The van der Waals surface area contributed by atoms with Gasteiger partial charge in [-0.15, -0.1) is 0 Å². The second kappa shape index (κ2) is 8.49. The molecular weight excluding hydrogens is 344 g/mol. The minimum Gasteiger partial charge on any atom is -0.465 e. The number of methoxy groups -OCH3 is 1. The van der Waals surface area contributed by atoms with E-state index in [2.05, 4.69) is 10.1 Å². The summed E-state index contributed by atoms with van der Waals surface area (Å²) in [4.78, 5) is 37.5. The van der Waals surface area contributed by atoms with Gasteiger partial charge in [0.15, 0.2) is 0 Å². The zero-order valence-corrected chi connectivity index (χ0v) is 15.2. The number of carbonyl (C=O) groups is 3. The molecule has 0 atom stereocenters. The van der Waals surface area contributed by atoms with Gasteiger partial charge >= 0.3 is 5.97 Å². The largest absolute Gasteiger partial charge is 0.465 e. The molecule has 1 aliphatic heterocycles. The second-order valence-electron chi connectivity index (χ2n) is 6.42. The average molecular weight is 366 g/mol. The number of rotatable bonds is 5. The van der Waals surface area contributed by atoms with Crippen LogP contribution < -0.4 is 10.2 Å². The summed E-state index contributed by atoms with van der Waals surface area (Å²) in [7, 11) is 1.34. The van der Waals surface area contributed by atoms with Gasteiger partial charge in [0, 0.05) is 30.8 Å². The molecule has 3 rings (SSSR count). The maximum atomic E-state index is 12.3. The number of amides is 2. The molecule has 2 aromatic rings. The van der Waals surface area contributed by atoms with E-state index in [0.29, 0.717) is 24.1 Å². The quantitative estimate of drug-likeness (QED) is 0.826. The fraction of sp³-hybridized carbons (Fsp3) is 0.286. The van der Waals surface area contributed by atoms with E-state index in [1.165, 1.54) is 7.11 Å². The lowest BCUT2D eigenvalue weighted by Crippen LogP contribution is -2.35. The molecular formula is C21H22N2O4. The van der Waals surface area contributed by atoms with E-state index in [4.69, 9.17) is 0 Å². The van der Waals surface area contributed by atoms with E-state index in [-0.39, 0.29) is 11.8 Å². The van der Waals surface area contributed by atoms with Crippen molar-refractivity contribution in [1.29, 1.82) is 0 Å². The SMILES string of the molecule is COC(=O)c1ccc(CNC(=O)c2ccc(N3CCCCC3=O)cc2)cc1. The van der Waals surface area contributed by atoms with Crippen molar-refractivity contribution in [3.63, 3.8) is 0 Å². The Kier molecular flexibility index (Phi) is 5.86. The lowest BCUT2D eigenvalue weighted by molar-refractivity contribution is -0.119. The number of benzene rings is 2. The van der Waals surface area contributed by atoms with Gasteiger partial charge in [0.2, 0.25) is 5.91 Å². The highest BCUT2D eigenvalue weighted by atomic mass is 16.5. The van der Waals surface area contributed by atoms with Crippen molar-refractivity contribution in [2.45, 2.75) is 25.8 Å². The third-order valence-electron chi connectivity index (χ3n) is 4.59. The first kappa shape index (κ1) is 18.6. The molecule has 0 radical (unpaired) electrons. The molecule has 6 heteroatoms. The molecule has 0 aromatic heterocycles. The molecule has 0 spiro atoms. The minimum absolute atomic E-state index is 0.133. The molecule has 2 aromatic carbocycles. The van der Waals surface area contributed by atoms with Gasteiger partial charge in [-0.3, -0.25) is 9.59 Å². The molecule has 27 heavy (non-hydrogen) atoms. The highest BCUT2D eigenvalue weighted by molar-refractivity contribution is 5.97. The van der Waals surface area contributed by atoms with E-state index >= 15 is 0 Å². The van der Waals surface area contributed by atoms with Gasteiger partial charge in [0.1, 0.15) is 0 Å². The Bertz CT molecular complexity index is 828. The maximum Gasteiger partial charge on any atom is 0.337 e. The van der Waals surface area contributed by atoms with Crippen LogP contribution in [0.2, 0.25) is 0 Å². The summed E-state index contributed by atoms with van der Waals surface area (Å²) in [5.74, 6) is -0.449. The highest BCUT2D eigenvalue weighted by Gasteiger charge is 2.19. The van der Waals surface area contributed by atoms with Crippen LogP contribution in [0.5, 0.6) is 0 Å². The molecule has 0 bridgehead atoms. The van der Waals surface area contributed by atoms with Crippen molar-refractivity contribution in [1.82, 2.24) is 5.32 Å². The lowest BCUT2D eigenvalue weighted by Gasteiger charge is -2.26. The number of anilines is 1. The van der Waals surface area contributed by atoms with Crippen LogP contribution in [0.15, 0.2) is 48.5 Å². The Morgan fingerprint density at radius 2 is 1.67 bits per heavy atom. The van der Waals surface area contributed by atoms with Crippen molar-refractivity contribution >= 4 is 23.5 Å². The first-order valence-electron chi connectivity index (χ1n) is 8.94. The summed E-state index contributed by atoms with van der Waals surface area (Å²) in [5.41, 5.74) is 2.71. The molecule has 1 heterocycles. The third-order valence-corrected chi connectivity index (χ3v) is 4.59. The van der Waals surface area contributed by atoms with Crippen molar-refractivity contribution in [3.05, 3.63) is 65.2 Å². The molecule has 2 amide bonds. The summed E-state index contributed by atoms with van der Waals surface area (Å²) in [5, 5.41) is 2.85. The van der Waals surface area contributed by atoms with Gasteiger partial charge in [0.25, 0.3) is 5.91 Å². The molecule has 1 saturated heterocycles. The van der Waals surface area contributed by atoms with Gasteiger partial charge in [-0.2, -0.15) is 0 Å². The van der Waals surface area contributed by atoms with E-state index in [0.717, 1.165) is 30.6 Å². The van der Waals surface area contributed by atoms with Crippen LogP contribution in [0.4, 0.5) is 5.69 Å². The topological polar surface area (TPSA) is 75.7 Å². The molecule has 1 fully saturated rings. The van der Waals surface area contributed by atoms with Gasteiger partial charge in [-0.05, 0) is 54.8 Å². The van der Waals surface area contributed by atoms with E-state index in [9.17, 15) is 14.4 Å². The summed E-state index contributed by atoms with van der Waals surface area (Å²) >= 11 is 0. The molecule has 140 valence electrons. The number of carbonyl (C=O) groups excluding carboxylic acids is 3. The van der Waals surface area contributed by atoms with Gasteiger partial charge in [-0.25, -0.2) is 4.79 Å². The van der Waals surface area contributed by atoms with Crippen LogP contribution in [0.1, 0.15) is 45.5 Å². The molecule has 0 aliphatic carbocycles. The molecule has 0 unspecified atom stereocenters. The smallest absolute Gasteiger partial charge is 0.337 e. The maximum absolute atomic E-state index is 12.3. The molecule has 1 aliphatic rings. The van der Waals surface area contributed by atoms with Gasteiger partial charge in [0.05, 0.1) is 12.7 Å². The number of piperidine rings is 1. The van der Waals surface area contributed by atoms with Crippen molar-refractivity contribution < 1.29 is 19.1 Å². The van der Waals surface area contributed by atoms with Crippen molar-refractivity contribution in [2.75, 3.05) is 18.6 Å². The summed E-state index contributed by atoms with van der Waals surface area (Å²) in [6.07, 6.45) is 2.52. The number of ether oxygens (including phenoxy) is 1. The van der Waals surface area contributed by atoms with E-state index in [1.807, 2.05) is 12.1 Å². The van der Waals surface area contributed by atoms with E-state index < -0.39 is 5.97 Å².